The van der Waals surface area contributed by atoms with Crippen molar-refractivity contribution < 1.29 is 0 Å². The Morgan fingerprint density at radius 3 is 2.76 bits per heavy atom. The smallest absolute Gasteiger partial charge is 0.0437 e. The zero-order valence-electron chi connectivity index (χ0n) is 11.4. The minimum Gasteiger partial charge on any atom is -0.307 e. The van der Waals surface area contributed by atoms with Gasteiger partial charge in [0.05, 0.1) is 0 Å². The van der Waals surface area contributed by atoms with E-state index in [0.29, 0.717) is 0 Å². The van der Waals surface area contributed by atoms with E-state index in [2.05, 4.69) is 50.4 Å². The summed E-state index contributed by atoms with van der Waals surface area (Å²) in [5.41, 5.74) is 3.21. The van der Waals surface area contributed by atoms with Gasteiger partial charge in [0.15, 0.2) is 0 Å². The number of aryl methyl sites for hydroxylation is 1. The van der Waals surface area contributed by atoms with E-state index >= 15 is 0 Å². The highest BCUT2D eigenvalue weighted by Gasteiger charge is 2.35. The Kier molecular flexibility index (Phi) is 3.88. The van der Waals surface area contributed by atoms with E-state index in [9.17, 15) is 0 Å². The highest BCUT2D eigenvalue weighted by atomic mass is 15.0. The van der Waals surface area contributed by atoms with Crippen molar-refractivity contribution in [3.05, 3.63) is 35.4 Å². The second-order valence-electron chi connectivity index (χ2n) is 5.76. The second-order valence-corrected chi connectivity index (χ2v) is 5.76. The van der Waals surface area contributed by atoms with Crippen molar-refractivity contribution in [2.24, 2.45) is 5.92 Å². The number of hydrogen-bond acceptors (Lipinski definition) is 1. The summed E-state index contributed by atoms with van der Waals surface area (Å²) in [5.74, 6) is 0.742. The summed E-state index contributed by atoms with van der Waals surface area (Å²) in [4.78, 5) is 0. The third kappa shape index (κ3) is 2.71. The van der Waals surface area contributed by atoms with Crippen LogP contribution in [0.3, 0.4) is 0 Å². The summed E-state index contributed by atoms with van der Waals surface area (Å²) in [5, 5.41) is 3.77. The first-order valence-electron chi connectivity index (χ1n) is 7.01. The molecule has 1 saturated heterocycles. The lowest BCUT2D eigenvalue weighted by Crippen LogP contribution is -2.38. The molecular weight excluding hydrogens is 206 g/mol. The molecule has 1 aromatic carbocycles. The lowest BCUT2D eigenvalue weighted by molar-refractivity contribution is 0.311. The molecule has 1 nitrogen and oxygen atoms in total. The normalized spacial score (nSPS) is 24.5. The van der Waals surface area contributed by atoms with Crippen molar-refractivity contribution >= 4 is 0 Å². The predicted octanol–water partition coefficient (Wildman–Crippen LogP) is 3.87. The van der Waals surface area contributed by atoms with Crippen LogP contribution in [-0.2, 0) is 12.0 Å². The molecular formula is C16H25N. The lowest BCUT2D eigenvalue weighted by Gasteiger charge is -2.32. The molecule has 1 aliphatic heterocycles. The van der Waals surface area contributed by atoms with Crippen LogP contribution >= 0.6 is 0 Å². The Morgan fingerprint density at radius 2 is 2.18 bits per heavy atom. The third-order valence-corrected chi connectivity index (χ3v) is 3.89. The van der Waals surface area contributed by atoms with Gasteiger partial charge in [-0.25, -0.2) is 0 Å². The van der Waals surface area contributed by atoms with Crippen molar-refractivity contribution in [1.29, 1.82) is 0 Å². The number of nitrogens with one attached hydrogen (secondary N) is 1. The summed E-state index contributed by atoms with van der Waals surface area (Å²) >= 11 is 0. The second kappa shape index (κ2) is 5.22. The van der Waals surface area contributed by atoms with Gasteiger partial charge in [0.25, 0.3) is 0 Å². The summed E-state index contributed by atoms with van der Waals surface area (Å²) in [6, 6.07) is 9.17. The lowest BCUT2D eigenvalue weighted by atomic mass is 9.80. The zero-order valence-corrected chi connectivity index (χ0v) is 11.4. The topological polar surface area (TPSA) is 12.0 Å². The molecule has 2 rings (SSSR count). The first kappa shape index (κ1) is 12.6. The van der Waals surface area contributed by atoms with E-state index in [1.165, 1.54) is 36.9 Å². The molecule has 1 aliphatic rings. The fourth-order valence-corrected chi connectivity index (χ4v) is 3.13. The molecule has 0 aromatic heterocycles. The van der Waals surface area contributed by atoms with Gasteiger partial charge < -0.3 is 5.32 Å². The molecule has 17 heavy (non-hydrogen) atoms. The molecule has 1 atom stereocenters. The SMILES string of the molecule is CCc1cccc(C2(CC(C)C)CCCN2)c1. The fourth-order valence-electron chi connectivity index (χ4n) is 3.13. The van der Waals surface area contributed by atoms with Crippen LogP contribution in [0.2, 0.25) is 0 Å². The van der Waals surface area contributed by atoms with Gasteiger partial charge in [-0.1, -0.05) is 45.0 Å². The molecule has 1 unspecified atom stereocenters. The fraction of sp³-hybridized carbons (Fsp3) is 0.625. The number of rotatable bonds is 4. The van der Waals surface area contributed by atoms with Crippen molar-refractivity contribution in [1.82, 2.24) is 5.32 Å². The van der Waals surface area contributed by atoms with Crippen LogP contribution in [0.5, 0.6) is 0 Å². The third-order valence-electron chi connectivity index (χ3n) is 3.89. The molecule has 0 spiro atoms. The first-order chi connectivity index (χ1) is 8.16. The van der Waals surface area contributed by atoms with E-state index < -0.39 is 0 Å². The van der Waals surface area contributed by atoms with Crippen LogP contribution < -0.4 is 5.32 Å². The average Bonchev–Trinajstić information content (AvgIpc) is 2.78. The molecule has 0 saturated carbocycles. The predicted molar refractivity (Wildman–Crippen MR) is 74.2 cm³/mol. The van der Waals surface area contributed by atoms with E-state index in [4.69, 9.17) is 0 Å². The van der Waals surface area contributed by atoms with E-state index in [1.807, 2.05) is 0 Å². The maximum Gasteiger partial charge on any atom is 0.0437 e. The standard InChI is InChI=1S/C16H25N/c1-4-14-7-5-8-15(11-14)16(12-13(2)3)9-6-10-17-16/h5,7-8,11,13,17H,4,6,9-10,12H2,1-3H3. The van der Waals surface area contributed by atoms with Gasteiger partial charge in [0.1, 0.15) is 0 Å². The van der Waals surface area contributed by atoms with Crippen LogP contribution in [0.1, 0.15) is 51.2 Å². The monoisotopic (exact) mass is 231 g/mol. The van der Waals surface area contributed by atoms with Crippen molar-refractivity contribution in [3.8, 4) is 0 Å². The van der Waals surface area contributed by atoms with Crippen molar-refractivity contribution in [2.75, 3.05) is 6.54 Å². The van der Waals surface area contributed by atoms with Crippen LogP contribution in [0.15, 0.2) is 24.3 Å². The Labute approximate surface area is 106 Å². The molecule has 0 aliphatic carbocycles. The van der Waals surface area contributed by atoms with Crippen molar-refractivity contribution in [3.63, 3.8) is 0 Å². The summed E-state index contributed by atoms with van der Waals surface area (Å²) in [7, 11) is 0. The zero-order chi connectivity index (χ0) is 12.3. The summed E-state index contributed by atoms with van der Waals surface area (Å²) in [6.45, 7) is 8.05. The Bertz CT molecular complexity index is 362. The van der Waals surface area contributed by atoms with E-state index in [1.54, 1.807) is 0 Å². The van der Waals surface area contributed by atoms with Gasteiger partial charge in [-0.3, -0.25) is 0 Å². The minimum absolute atomic E-state index is 0.249. The number of benzene rings is 1. The maximum atomic E-state index is 3.77. The molecule has 1 N–H and O–H groups in total. The first-order valence-corrected chi connectivity index (χ1v) is 7.01. The van der Waals surface area contributed by atoms with Crippen LogP contribution in [0.25, 0.3) is 0 Å². The van der Waals surface area contributed by atoms with Crippen LogP contribution in [0, 0.1) is 5.92 Å². The maximum absolute atomic E-state index is 3.77. The molecule has 1 heterocycles. The highest BCUT2D eigenvalue weighted by Crippen LogP contribution is 2.37. The molecule has 0 radical (unpaired) electrons. The van der Waals surface area contributed by atoms with Gasteiger partial charge in [-0.15, -0.1) is 0 Å². The van der Waals surface area contributed by atoms with Gasteiger partial charge >= 0.3 is 0 Å². The van der Waals surface area contributed by atoms with Crippen LogP contribution in [-0.4, -0.2) is 6.54 Å². The minimum atomic E-state index is 0.249. The van der Waals surface area contributed by atoms with Crippen LogP contribution in [0.4, 0.5) is 0 Å². The van der Waals surface area contributed by atoms with Gasteiger partial charge in [0.2, 0.25) is 0 Å². The Balaban J connectivity index is 2.31. The molecule has 94 valence electrons. The average molecular weight is 231 g/mol. The largest absolute Gasteiger partial charge is 0.307 e. The van der Waals surface area contributed by atoms with Gasteiger partial charge in [0, 0.05) is 5.54 Å². The molecule has 0 bridgehead atoms. The van der Waals surface area contributed by atoms with Gasteiger partial charge in [-0.05, 0) is 49.3 Å². The van der Waals surface area contributed by atoms with E-state index in [-0.39, 0.29) is 5.54 Å². The summed E-state index contributed by atoms with van der Waals surface area (Å²) in [6.07, 6.45) is 4.98. The molecule has 1 aromatic rings. The molecule has 1 fully saturated rings. The quantitative estimate of drug-likeness (QED) is 0.829. The van der Waals surface area contributed by atoms with Crippen molar-refractivity contribution in [2.45, 2.75) is 52.0 Å². The highest BCUT2D eigenvalue weighted by molar-refractivity contribution is 5.30. The molecule has 0 amide bonds. The Morgan fingerprint density at radius 1 is 1.35 bits per heavy atom. The number of hydrogen-bond donors (Lipinski definition) is 1. The Hall–Kier alpha value is -0.820. The van der Waals surface area contributed by atoms with Gasteiger partial charge in [-0.2, -0.15) is 0 Å². The molecule has 1 heteroatoms. The summed E-state index contributed by atoms with van der Waals surface area (Å²) < 4.78 is 0. The van der Waals surface area contributed by atoms with E-state index in [0.717, 1.165) is 12.3 Å².